The molecule has 1 aromatic carbocycles. The Morgan fingerprint density at radius 1 is 1.35 bits per heavy atom. The first-order chi connectivity index (χ1) is 8.31. The van der Waals surface area contributed by atoms with E-state index < -0.39 is 0 Å². The molecular formula is C14H18O2S. The highest BCUT2D eigenvalue weighted by atomic mass is 32.1. The fourth-order valence-electron chi connectivity index (χ4n) is 1.91. The lowest BCUT2D eigenvalue weighted by Crippen LogP contribution is -2.13. The molecule has 1 N–H and O–H groups in total. The molecule has 3 heteroatoms. The van der Waals surface area contributed by atoms with Crippen molar-refractivity contribution in [2.75, 3.05) is 13.2 Å². The molecule has 0 aliphatic rings. The molecule has 2 rings (SSSR count). The van der Waals surface area contributed by atoms with Crippen LogP contribution in [0.15, 0.2) is 29.6 Å². The largest absolute Gasteiger partial charge is 0.393 e. The normalized spacial score (nSPS) is 13.1. The third-order valence-corrected chi connectivity index (χ3v) is 3.83. The van der Waals surface area contributed by atoms with E-state index in [1.165, 1.54) is 15.6 Å². The molecule has 0 saturated heterocycles. The van der Waals surface area contributed by atoms with E-state index in [1.807, 2.05) is 19.1 Å². The molecule has 1 aromatic heterocycles. The average molecular weight is 250 g/mol. The van der Waals surface area contributed by atoms with Gasteiger partial charge < -0.3 is 9.84 Å². The van der Waals surface area contributed by atoms with Crippen molar-refractivity contribution in [2.24, 2.45) is 0 Å². The maximum Gasteiger partial charge on any atom is 0.0603 e. The molecule has 0 saturated carbocycles. The zero-order valence-corrected chi connectivity index (χ0v) is 10.9. The lowest BCUT2D eigenvalue weighted by atomic mass is 10.1. The minimum Gasteiger partial charge on any atom is -0.393 e. The minimum absolute atomic E-state index is 0.306. The van der Waals surface area contributed by atoms with Gasteiger partial charge in [-0.1, -0.05) is 18.2 Å². The zero-order chi connectivity index (χ0) is 12.1. The molecule has 0 radical (unpaired) electrons. The van der Waals surface area contributed by atoms with Crippen molar-refractivity contribution in [1.29, 1.82) is 0 Å². The van der Waals surface area contributed by atoms with Crippen LogP contribution in [-0.2, 0) is 11.2 Å². The highest BCUT2D eigenvalue weighted by Crippen LogP contribution is 2.26. The molecule has 1 heterocycles. The van der Waals surface area contributed by atoms with E-state index in [0.29, 0.717) is 19.6 Å². The number of hydrogen-bond donors (Lipinski definition) is 1. The quantitative estimate of drug-likeness (QED) is 0.798. The summed E-state index contributed by atoms with van der Waals surface area (Å²) in [4.78, 5) is 0. The van der Waals surface area contributed by atoms with Gasteiger partial charge in [0.25, 0.3) is 0 Å². The van der Waals surface area contributed by atoms with Crippen LogP contribution in [0.1, 0.15) is 18.9 Å². The highest BCUT2D eigenvalue weighted by molar-refractivity contribution is 7.17. The number of ether oxygens (including phenoxy) is 1. The van der Waals surface area contributed by atoms with Crippen LogP contribution in [0.5, 0.6) is 0 Å². The monoisotopic (exact) mass is 250 g/mol. The highest BCUT2D eigenvalue weighted by Gasteiger charge is 2.09. The van der Waals surface area contributed by atoms with E-state index >= 15 is 0 Å². The molecule has 2 aromatic rings. The van der Waals surface area contributed by atoms with Crippen LogP contribution < -0.4 is 0 Å². The summed E-state index contributed by atoms with van der Waals surface area (Å²) >= 11 is 1.74. The van der Waals surface area contributed by atoms with Gasteiger partial charge in [-0.05, 0) is 42.2 Å². The first kappa shape index (κ1) is 12.6. The van der Waals surface area contributed by atoms with Gasteiger partial charge in [0.2, 0.25) is 0 Å². The van der Waals surface area contributed by atoms with Crippen molar-refractivity contribution in [2.45, 2.75) is 25.9 Å². The van der Waals surface area contributed by atoms with Gasteiger partial charge in [-0.25, -0.2) is 0 Å². The third kappa shape index (κ3) is 3.28. The van der Waals surface area contributed by atoms with Gasteiger partial charge in [0.15, 0.2) is 0 Å². The van der Waals surface area contributed by atoms with Crippen molar-refractivity contribution in [1.82, 2.24) is 0 Å². The Labute approximate surface area is 106 Å². The summed E-state index contributed by atoms with van der Waals surface area (Å²) in [6, 6.07) is 8.34. The van der Waals surface area contributed by atoms with Gasteiger partial charge in [0.1, 0.15) is 0 Å². The topological polar surface area (TPSA) is 29.5 Å². The average Bonchev–Trinajstić information content (AvgIpc) is 2.73. The number of aliphatic hydroxyl groups is 1. The van der Waals surface area contributed by atoms with E-state index in [9.17, 15) is 5.11 Å². The molecule has 17 heavy (non-hydrogen) atoms. The van der Waals surface area contributed by atoms with Crippen molar-refractivity contribution in [3.8, 4) is 0 Å². The molecule has 0 bridgehead atoms. The van der Waals surface area contributed by atoms with E-state index in [-0.39, 0.29) is 6.10 Å². The second kappa shape index (κ2) is 6.15. The van der Waals surface area contributed by atoms with E-state index in [0.717, 1.165) is 6.42 Å². The van der Waals surface area contributed by atoms with Crippen LogP contribution in [0, 0.1) is 0 Å². The molecule has 0 amide bonds. The van der Waals surface area contributed by atoms with E-state index in [2.05, 4.69) is 17.5 Å². The van der Waals surface area contributed by atoms with Crippen LogP contribution >= 0.6 is 11.3 Å². The van der Waals surface area contributed by atoms with Gasteiger partial charge in [-0.15, -0.1) is 11.3 Å². The van der Waals surface area contributed by atoms with Gasteiger partial charge in [0.05, 0.1) is 6.10 Å². The maximum absolute atomic E-state index is 9.93. The lowest BCUT2D eigenvalue weighted by molar-refractivity contribution is 0.0889. The predicted octanol–water partition coefficient (Wildman–Crippen LogP) is 3.23. The summed E-state index contributed by atoms with van der Waals surface area (Å²) in [7, 11) is 0. The molecule has 0 aliphatic carbocycles. The van der Waals surface area contributed by atoms with Gasteiger partial charge in [0, 0.05) is 17.9 Å². The second-order valence-electron chi connectivity index (χ2n) is 4.10. The molecule has 0 fully saturated rings. The lowest BCUT2D eigenvalue weighted by Gasteiger charge is -2.09. The molecule has 0 aliphatic heterocycles. The Bertz CT molecular complexity index is 464. The van der Waals surface area contributed by atoms with Crippen LogP contribution in [-0.4, -0.2) is 24.4 Å². The minimum atomic E-state index is -0.306. The number of aliphatic hydroxyl groups excluding tert-OH is 1. The van der Waals surface area contributed by atoms with E-state index in [1.54, 1.807) is 11.3 Å². The van der Waals surface area contributed by atoms with E-state index in [4.69, 9.17) is 4.74 Å². The fourth-order valence-corrected chi connectivity index (χ4v) is 2.89. The number of thiophene rings is 1. The SMILES string of the molecule is CCOCCC(O)Cc1csc2ccccc12. The second-order valence-corrected chi connectivity index (χ2v) is 5.01. The van der Waals surface area contributed by atoms with Crippen LogP contribution in [0.4, 0.5) is 0 Å². The Morgan fingerprint density at radius 3 is 3.00 bits per heavy atom. The Hall–Kier alpha value is -0.900. The molecular weight excluding hydrogens is 232 g/mol. The summed E-state index contributed by atoms with van der Waals surface area (Å²) in [5.74, 6) is 0. The maximum atomic E-state index is 9.93. The zero-order valence-electron chi connectivity index (χ0n) is 10.1. The Kier molecular flexibility index (Phi) is 4.54. The number of benzene rings is 1. The fraction of sp³-hybridized carbons (Fsp3) is 0.429. The van der Waals surface area contributed by atoms with Crippen LogP contribution in [0.2, 0.25) is 0 Å². The summed E-state index contributed by atoms with van der Waals surface area (Å²) in [5.41, 5.74) is 1.24. The van der Waals surface area contributed by atoms with Crippen LogP contribution in [0.25, 0.3) is 10.1 Å². The standard InChI is InChI=1S/C14H18O2S/c1-2-16-8-7-12(15)9-11-10-17-14-6-4-3-5-13(11)14/h3-6,10,12,15H,2,7-9H2,1H3. The Balaban J connectivity index is 1.98. The van der Waals surface area contributed by atoms with Crippen LogP contribution in [0.3, 0.4) is 0 Å². The predicted molar refractivity (Wildman–Crippen MR) is 72.6 cm³/mol. The van der Waals surface area contributed by atoms with Crippen molar-refractivity contribution in [3.63, 3.8) is 0 Å². The summed E-state index contributed by atoms with van der Waals surface area (Å²) in [6.45, 7) is 3.33. The van der Waals surface area contributed by atoms with Gasteiger partial charge in [-0.3, -0.25) is 0 Å². The molecule has 1 atom stereocenters. The molecule has 2 nitrogen and oxygen atoms in total. The smallest absolute Gasteiger partial charge is 0.0603 e. The van der Waals surface area contributed by atoms with Gasteiger partial charge >= 0.3 is 0 Å². The number of rotatable bonds is 6. The van der Waals surface area contributed by atoms with Crippen molar-refractivity contribution < 1.29 is 9.84 Å². The summed E-state index contributed by atoms with van der Waals surface area (Å²) in [6.07, 6.45) is 1.12. The molecule has 0 spiro atoms. The summed E-state index contributed by atoms with van der Waals surface area (Å²) in [5, 5.41) is 13.4. The molecule has 1 unspecified atom stereocenters. The van der Waals surface area contributed by atoms with Crippen molar-refractivity contribution >= 4 is 21.4 Å². The third-order valence-electron chi connectivity index (χ3n) is 2.82. The van der Waals surface area contributed by atoms with Gasteiger partial charge in [-0.2, -0.15) is 0 Å². The van der Waals surface area contributed by atoms with Crippen molar-refractivity contribution in [3.05, 3.63) is 35.2 Å². The number of fused-ring (bicyclic) bond motifs is 1. The Morgan fingerprint density at radius 2 is 2.18 bits per heavy atom. The number of hydrogen-bond acceptors (Lipinski definition) is 3. The summed E-state index contributed by atoms with van der Waals surface area (Å²) < 4.78 is 6.54. The first-order valence-corrected chi connectivity index (χ1v) is 6.90. The first-order valence-electron chi connectivity index (χ1n) is 6.02. The molecule has 92 valence electrons.